The minimum Gasteiger partial charge on any atom is -0.489 e. The molecule has 0 bridgehead atoms. The maximum Gasteiger partial charge on any atom is 0.195 e. The zero-order valence-corrected chi connectivity index (χ0v) is 18.4. The average molecular weight is 433 g/mol. The maximum absolute atomic E-state index is 14.4. The Morgan fingerprint density at radius 1 is 1.03 bits per heavy atom. The fraction of sp³-hybridized carbons (Fsp3) is 0.417. The van der Waals surface area contributed by atoms with Crippen LogP contribution in [0.25, 0.3) is 10.9 Å². The van der Waals surface area contributed by atoms with Crippen LogP contribution in [0.1, 0.15) is 32.3 Å². The highest BCUT2D eigenvalue weighted by atomic mass is 35.5. The van der Waals surface area contributed by atoms with E-state index in [2.05, 4.69) is 24.1 Å². The van der Waals surface area contributed by atoms with Gasteiger partial charge in [0.2, 0.25) is 0 Å². The van der Waals surface area contributed by atoms with Crippen molar-refractivity contribution in [1.82, 2.24) is 10.3 Å². The molecule has 4 rings (SSSR count). The Kier molecular flexibility index (Phi) is 7.27. The maximum atomic E-state index is 14.4. The molecular weight excluding hydrogens is 403 g/mol. The number of rotatable bonds is 10. The summed E-state index contributed by atoms with van der Waals surface area (Å²) in [6.45, 7) is 6.11. The number of aromatic amines is 1. The first-order valence-electron chi connectivity index (χ1n) is 10.4. The molecule has 4 nitrogen and oxygen atoms in total. The van der Waals surface area contributed by atoms with Crippen LogP contribution >= 0.6 is 12.4 Å². The van der Waals surface area contributed by atoms with Crippen molar-refractivity contribution in [3.05, 3.63) is 60.0 Å². The number of nitrogens with one attached hydrogen (secondary N) is 2. The second-order valence-electron chi connectivity index (χ2n) is 8.50. The molecule has 162 valence electrons. The van der Waals surface area contributed by atoms with E-state index in [1.165, 1.54) is 12.8 Å². The number of aromatic nitrogens is 1. The Balaban J connectivity index is 0.00000256. The number of ether oxygens (including phenoxy) is 2. The molecule has 0 spiro atoms. The zero-order chi connectivity index (χ0) is 20.3. The summed E-state index contributed by atoms with van der Waals surface area (Å²) in [7, 11) is 0. The van der Waals surface area contributed by atoms with Crippen LogP contribution in [-0.2, 0) is 6.42 Å². The third-order valence-electron chi connectivity index (χ3n) is 5.36. The molecule has 0 aliphatic heterocycles. The number of halogens is 2. The molecule has 1 aliphatic rings. The fourth-order valence-electron chi connectivity index (χ4n) is 3.58. The van der Waals surface area contributed by atoms with E-state index in [9.17, 15) is 4.39 Å². The van der Waals surface area contributed by atoms with Crippen LogP contribution in [0, 0.1) is 11.9 Å². The van der Waals surface area contributed by atoms with Crippen molar-refractivity contribution >= 4 is 23.3 Å². The van der Waals surface area contributed by atoms with E-state index in [0.29, 0.717) is 25.5 Å². The summed E-state index contributed by atoms with van der Waals surface area (Å²) in [6.07, 6.45) is 3.11. The molecule has 1 heterocycles. The lowest BCUT2D eigenvalue weighted by Gasteiger charge is -2.26. The highest BCUT2D eigenvalue weighted by Crippen LogP contribution is 2.32. The molecular formula is C24H30ClFN2O2. The normalized spacial score (nSPS) is 13.8. The summed E-state index contributed by atoms with van der Waals surface area (Å²) in [5.41, 5.74) is 1.29. The van der Waals surface area contributed by atoms with Crippen LogP contribution in [0.5, 0.6) is 11.5 Å². The third-order valence-corrected chi connectivity index (χ3v) is 5.36. The number of hydrogen-bond donors (Lipinski definition) is 2. The van der Waals surface area contributed by atoms with Gasteiger partial charge in [0, 0.05) is 28.6 Å². The highest BCUT2D eigenvalue weighted by Gasteiger charge is 2.23. The van der Waals surface area contributed by atoms with E-state index in [0.717, 1.165) is 34.6 Å². The van der Waals surface area contributed by atoms with Crippen molar-refractivity contribution < 1.29 is 13.9 Å². The van der Waals surface area contributed by atoms with Crippen molar-refractivity contribution in [3.8, 4) is 11.5 Å². The summed E-state index contributed by atoms with van der Waals surface area (Å²) in [4.78, 5) is 2.84. The Hall–Kier alpha value is -2.24. The Morgan fingerprint density at radius 3 is 2.43 bits per heavy atom. The van der Waals surface area contributed by atoms with Gasteiger partial charge in [-0.15, -0.1) is 12.4 Å². The molecule has 0 amide bonds. The topological polar surface area (TPSA) is 46.3 Å². The molecule has 0 saturated heterocycles. The zero-order valence-electron chi connectivity index (χ0n) is 17.5. The summed E-state index contributed by atoms with van der Waals surface area (Å²) in [6, 6.07) is 15.5. The Bertz CT molecular complexity index is 969. The predicted molar refractivity (Wildman–Crippen MR) is 121 cm³/mol. The highest BCUT2D eigenvalue weighted by molar-refractivity contribution is 5.85. The van der Waals surface area contributed by atoms with Crippen molar-refractivity contribution in [2.45, 2.75) is 38.6 Å². The van der Waals surface area contributed by atoms with Gasteiger partial charge in [-0.2, -0.15) is 4.39 Å². The van der Waals surface area contributed by atoms with E-state index in [4.69, 9.17) is 9.47 Å². The molecule has 0 atom stereocenters. The van der Waals surface area contributed by atoms with Gasteiger partial charge < -0.3 is 19.8 Å². The smallest absolute Gasteiger partial charge is 0.195 e. The van der Waals surface area contributed by atoms with Crippen molar-refractivity contribution in [2.24, 2.45) is 5.92 Å². The van der Waals surface area contributed by atoms with Crippen molar-refractivity contribution in [1.29, 1.82) is 0 Å². The van der Waals surface area contributed by atoms with Crippen LogP contribution in [0.4, 0.5) is 4.39 Å². The van der Waals surface area contributed by atoms with E-state index < -0.39 is 0 Å². The molecule has 1 fully saturated rings. The van der Waals surface area contributed by atoms with Gasteiger partial charge in [-0.1, -0.05) is 30.3 Å². The van der Waals surface area contributed by atoms with Crippen molar-refractivity contribution in [2.75, 3.05) is 19.8 Å². The number of para-hydroxylation sites is 3. The second kappa shape index (κ2) is 9.71. The number of fused-ring (bicyclic) bond motifs is 1. The number of benzene rings is 2. The minimum absolute atomic E-state index is 0. The molecule has 1 aliphatic carbocycles. The molecule has 1 saturated carbocycles. The van der Waals surface area contributed by atoms with Crippen LogP contribution in [0.2, 0.25) is 0 Å². The Morgan fingerprint density at radius 2 is 1.70 bits per heavy atom. The average Bonchev–Trinajstić information content (AvgIpc) is 3.49. The first-order chi connectivity index (χ1) is 14.0. The van der Waals surface area contributed by atoms with Crippen LogP contribution in [0.15, 0.2) is 48.5 Å². The number of hydrogen-bond acceptors (Lipinski definition) is 3. The van der Waals surface area contributed by atoms with Gasteiger partial charge in [-0.3, -0.25) is 0 Å². The van der Waals surface area contributed by atoms with E-state index in [1.807, 2.05) is 48.5 Å². The summed E-state index contributed by atoms with van der Waals surface area (Å²) in [5, 5.41) is 4.44. The molecule has 0 unspecified atom stereocenters. The van der Waals surface area contributed by atoms with E-state index in [1.54, 1.807) is 0 Å². The first kappa shape index (κ1) is 22.4. The minimum atomic E-state index is -0.267. The molecule has 1 aromatic heterocycles. The fourth-order valence-corrected chi connectivity index (χ4v) is 3.58. The number of H-pyrrole nitrogens is 1. The molecule has 3 aromatic rings. The molecule has 0 radical (unpaired) electrons. The molecule has 30 heavy (non-hydrogen) atoms. The van der Waals surface area contributed by atoms with Crippen LogP contribution in [0.3, 0.4) is 0 Å². The largest absolute Gasteiger partial charge is 0.489 e. The van der Waals surface area contributed by atoms with Crippen LogP contribution < -0.4 is 14.8 Å². The van der Waals surface area contributed by atoms with Gasteiger partial charge >= 0.3 is 0 Å². The Labute approximate surface area is 183 Å². The molecule has 6 heteroatoms. The standard InChI is InChI=1S/C24H29FN2O2.ClH/c1-24(2,15-19-18-7-3-4-8-20(18)27-23(19)25)26-13-14-28-21-9-5-6-10-22(21)29-16-17-11-12-17;/h3-10,17,26-27H,11-16H2,1-2H3;1H. The van der Waals surface area contributed by atoms with Gasteiger partial charge in [-0.25, -0.2) is 0 Å². The van der Waals surface area contributed by atoms with Gasteiger partial charge in [0.25, 0.3) is 0 Å². The summed E-state index contributed by atoms with van der Waals surface area (Å²) >= 11 is 0. The predicted octanol–water partition coefficient (Wildman–Crippen LogP) is 5.51. The lowest BCUT2D eigenvalue weighted by Crippen LogP contribution is -2.43. The van der Waals surface area contributed by atoms with E-state index >= 15 is 0 Å². The monoisotopic (exact) mass is 432 g/mol. The first-order valence-corrected chi connectivity index (χ1v) is 10.4. The van der Waals surface area contributed by atoms with Gasteiger partial charge in [-0.05, 0) is 57.2 Å². The summed E-state index contributed by atoms with van der Waals surface area (Å²) < 4.78 is 26.2. The quantitative estimate of drug-likeness (QED) is 0.415. The SMILES string of the molecule is CC(C)(Cc1c(F)[nH]c2ccccc12)NCCOc1ccccc1OCC1CC1.Cl. The van der Waals surface area contributed by atoms with Crippen LogP contribution in [-0.4, -0.2) is 30.3 Å². The van der Waals surface area contributed by atoms with Crippen molar-refractivity contribution in [3.63, 3.8) is 0 Å². The second-order valence-corrected chi connectivity index (χ2v) is 8.50. The van der Waals surface area contributed by atoms with E-state index in [-0.39, 0.29) is 23.9 Å². The van der Waals surface area contributed by atoms with Gasteiger partial charge in [0.05, 0.1) is 6.61 Å². The lowest BCUT2D eigenvalue weighted by molar-refractivity contribution is 0.249. The lowest BCUT2D eigenvalue weighted by atomic mass is 9.94. The molecule has 2 aromatic carbocycles. The summed E-state index contributed by atoms with van der Waals surface area (Å²) in [5.74, 6) is 2.03. The van der Waals surface area contributed by atoms with Gasteiger partial charge in [0.1, 0.15) is 6.61 Å². The third kappa shape index (κ3) is 5.67. The van der Waals surface area contributed by atoms with Gasteiger partial charge in [0.15, 0.2) is 17.4 Å². The molecule has 2 N–H and O–H groups in total.